The molecule has 3 aliphatic carbocycles. The normalized spacial score (nSPS) is 31.8. The number of fused-ring (bicyclic) bond motifs is 3. The predicted molar refractivity (Wildman–Crippen MR) is 150 cm³/mol. The summed E-state index contributed by atoms with van der Waals surface area (Å²) in [5, 5.41) is 0. The van der Waals surface area contributed by atoms with Gasteiger partial charge in [0, 0.05) is 32.1 Å². The fourth-order valence-electron chi connectivity index (χ4n) is 7.81. The molecule has 2 saturated carbocycles. The van der Waals surface area contributed by atoms with Gasteiger partial charge >= 0.3 is 17.9 Å². The molecule has 0 heterocycles. The van der Waals surface area contributed by atoms with Gasteiger partial charge in [-0.25, -0.2) is 0 Å². The molecule has 2 fully saturated rings. The zero-order valence-corrected chi connectivity index (χ0v) is 24.4. The van der Waals surface area contributed by atoms with Crippen molar-refractivity contribution in [3.8, 4) is 0 Å². The fourth-order valence-corrected chi connectivity index (χ4v) is 7.81. The smallest absolute Gasteiger partial charge is 0.306 e. The molecule has 0 saturated heterocycles. The van der Waals surface area contributed by atoms with Crippen LogP contribution in [0.2, 0.25) is 0 Å². The van der Waals surface area contributed by atoms with Crippen LogP contribution in [0.5, 0.6) is 0 Å². The maximum atomic E-state index is 12.9. The molecular formula is C33H44O6. The van der Waals surface area contributed by atoms with Gasteiger partial charge < -0.3 is 14.2 Å². The van der Waals surface area contributed by atoms with Crippen molar-refractivity contribution in [1.82, 2.24) is 0 Å². The Hall–Kier alpha value is -2.89. The van der Waals surface area contributed by atoms with Crippen molar-refractivity contribution in [2.75, 3.05) is 0 Å². The van der Waals surface area contributed by atoms with Crippen LogP contribution in [0.1, 0.15) is 85.6 Å². The number of esters is 3. The Bertz CT molecular complexity index is 1150. The van der Waals surface area contributed by atoms with Crippen LogP contribution in [0.4, 0.5) is 0 Å². The van der Waals surface area contributed by atoms with E-state index in [1.54, 1.807) is 0 Å². The highest BCUT2D eigenvalue weighted by Crippen LogP contribution is 2.60. The third-order valence-corrected chi connectivity index (χ3v) is 9.50. The van der Waals surface area contributed by atoms with Crippen LogP contribution >= 0.6 is 0 Å². The third-order valence-electron chi connectivity index (χ3n) is 9.50. The molecule has 2 bridgehead atoms. The lowest BCUT2D eigenvalue weighted by atomic mass is 9.50. The van der Waals surface area contributed by atoms with Gasteiger partial charge in [-0.3, -0.25) is 14.4 Å². The minimum atomic E-state index is -0.445. The van der Waals surface area contributed by atoms with E-state index >= 15 is 0 Å². The molecule has 3 aliphatic rings. The second-order valence-corrected chi connectivity index (χ2v) is 12.6. The first kappa shape index (κ1) is 29.1. The van der Waals surface area contributed by atoms with Crippen molar-refractivity contribution in [3.05, 3.63) is 59.2 Å². The maximum absolute atomic E-state index is 12.9. The van der Waals surface area contributed by atoms with E-state index in [9.17, 15) is 14.4 Å². The standard InChI is InChI=1S/C33H44O6/c1-20-13-15-25-31(38-23(4)35)30-21(2)26(39-28(36)16-14-24-11-9-8-10-12-24)17-18-33(30,7)19-27(37-22(3)34)29(20)32(25,5)6/h8-12,25-27,30-31H,2,13-19H2,1,3-7H3/t25-,26-,27-,30-,31+,33-/m0/s1. The molecule has 6 nitrogen and oxygen atoms in total. The maximum Gasteiger partial charge on any atom is 0.306 e. The van der Waals surface area contributed by atoms with E-state index in [0.29, 0.717) is 25.7 Å². The molecule has 6 heteroatoms. The van der Waals surface area contributed by atoms with Crippen molar-refractivity contribution in [2.24, 2.45) is 22.7 Å². The number of aryl methyl sites for hydroxylation is 1. The highest BCUT2D eigenvalue weighted by Gasteiger charge is 2.58. The van der Waals surface area contributed by atoms with Crippen molar-refractivity contribution in [2.45, 2.75) is 105 Å². The Morgan fingerprint density at radius 2 is 1.62 bits per heavy atom. The number of rotatable bonds is 6. The number of benzene rings is 1. The van der Waals surface area contributed by atoms with Gasteiger partial charge in [0.1, 0.15) is 18.3 Å². The van der Waals surface area contributed by atoms with Crippen molar-refractivity contribution in [3.63, 3.8) is 0 Å². The third kappa shape index (κ3) is 6.00. The van der Waals surface area contributed by atoms with Crippen molar-refractivity contribution < 1.29 is 28.6 Å². The zero-order valence-electron chi connectivity index (χ0n) is 24.4. The van der Waals surface area contributed by atoms with Crippen LogP contribution in [0.3, 0.4) is 0 Å². The van der Waals surface area contributed by atoms with Crippen LogP contribution < -0.4 is 0 Å². The van der Waals surface area contributed by atoms with Crippen molar-refractivity contribution in [1.29, 1.82) is 0 Å². The van der Waals surface area contributed by atoms with E-state index in [0.717, 1.165) is 36.0 Å². The van der Waals surface area contributed by atoms with E-state index in [2.05, 4.69) is 34.3 Å². The first-order chi connectivity index (χ1) is 18.3. The molecule has 0 radical (unpaired) electrons. The van der Waals surface area contributed by atoms with Crippen LogP contribution in [0.25, 0.3) is 0 Å². The first-order valence-corrected chi connectivity index (χ1v) is 14.3. The number of carbonyl (C=O) groups is 3. The van der Waals surface area contributed by atoms with E-state index in [4.69, 9.17) is 14.2 Å². The monoisotopic (exact) mass is 536 g/mol. The molecule has 0 N–H and O–H groups in total. The molecule has 0 spiro atoms. The molecule has 39 heavy (non-hydrogen) atoms. The van der Waals surface area contributed by atoms with Gasteiger partial charge in [0.25, 0.3) is 0 Å². The molecule has 1 aromatic rings. The fraction of sp³-hybridized carbons (Fsp3) is 0.606. The zero-order chi connectivity index (χ0) is 28.5. The molecule has 0 amide bonds. The minimum Gasteiger partial charge on any atom is -0.462 e. The van der Waals surface area contributed by atoms with E-state index in [1.165, 1.54) is 19.4 Å². The average Bonchev–Trinajstić information content (AvgIpc) is 2.83. The van der Waals surface area contributed by atoms with Gasteiger partial charge in [-0.15, -0.1) is 0 Å². The Kier molecular flexibility index (Phi) is 8.44. The minimum absolute atomic E-state index is 0.00654. The van der Waals surface area contributed by atoms with E-state index in [1.807, 2.05) is 30.3 Å². The second-order valence-electron chi connectivity index (χ2n) is 12.6. The van der Waals surface area contributed by atoms with Gasteiger partial charge in [0.15, 0.2) is 0 Å². The lowest BCUT2D eigenvalue weighted by Gasteiger charge is -2.57. The molecule has 212 valence electrons. The largest absolute Gasteiger partial charge is 0.462 e. The SMILES string of the molecule is C=C1[C@@H](OC(=O)CCc2ccccc2)CC[C@@]2(C)C[C@H](OC(C)=O)C3=C(C)CC[C@@H]([C@@H](OC(C)=O)[C@H]12)C3(C)C. The van der Waals surface area contributed by atoms with Gasteiger partial charge in [-0.1, -0.05) is 63.3 Å². The summed E-state index contributed by atoms with van der Waals surface area (Å²) in [5.41, 5.74) is 3.59. The predicted octanol–water partition coefficient (Wildman–Crippen LogP) is 6.52. The average molecular weight is 537 g/mol. The summed E-state index contributed by atoms with van der Waals surface area (Å²) in [6.45, 7) is 16.1. The Morgan fingerprint density at radius 3 is 2.26 bits per heavy atom. The van der Waals surface area contributed by atoms with Crippen molar-refractivity contribution >= 4 is 17.9 Å². The molecule has 6 atom stereocenters. The Morgan fingerprint density at radius 1 is 0.949 bits per heavy atom. The summed E-state index contributed by atoms with van der Waals surface area (Å²) in [4.78, 5) is 37.7. The quantitative estimate of drug-likeness (QED) is 0.234. The van der Waals surface area contributed by atoms with Gasteiger partial charge in [0.2, 0.25) is 0 Å². The summed E-state index contributed by atoms with van der Waals surface area (Å²) in [7, 11) is 0. The second kappa shape index (κ2) is 11.3. The summed E-state index contributed by atoms with van der Waals surface area (Å²) in [6, 6.07) is 9.90. The topological polar surface area (TPSA) is 78.9 Å². The number of hydrogen-bond donors (Lipinski definition) is 0. The molecule has 0 aromatic heterocycles. The molecule has 0 aliphatic heterocycles. The van der Waals surface area contributed by atoms with Crippen LogP contribution in [0.15, 0.2) is 53.6 Å². The van der Waals surface area contributed by atoms with Crippen LogP contribution in [-0.2, 0) is 35.0 Å². The summed E-state index contributed by atoms with van der Waals surface area (Å²) in [5.74, 6) is -1.09. The molecule has 1 aromatic carbocycles. The lowest BCUT2D eigenvalue weighted by Crippen LogP contribution is -2.57. The van der Waals surface area contributed by atoms with E-state index < -0.39 is 12.2 Å². The highest BCUT2D eigenvalue weighted by atomic mass is 16.6. The van der Waals surface area contributed by atoms with E-state index in [-0.39, 0.29) is 46.7 Å². The number of carbonyl (C=O) groups excluding carboxylic acids is 3. The van der Waals surface area contributed by atoms with Crippen LogP contribution in [-0.4, -0.2) is 36.2 Å². The number of allylic oxidation sites excluding steroid dienone is 1. The van der Waals surface area contributed by atoms with Gasteiger partial charge in [-0.2, -0.15) is 0 Å². The molecule has 4 rings (SSSR count). The summed E-state index contributed by atoms with van der Waals surface area (Å²) >= 11 is 0. The summed E-state index contributed by atoms with van der Waals surface area (Å²) in [6.07, 6.45) is 3.38. The summed E-state index contributed by atoms with van der Waals surface area (Å²) < 4.78 is 18.3. The molecule has 0 unspecified atom stereocenters. The first-order valence-electron chi connectivity index (χ1n) is 14.3. The van der Waals surface area contributed by atoms with Crippen LogP contribution in [0, 0.1) is 22.7 Å². The number of ether oxygens (including phenoxy) is 3. The molecular weight excluding hydrogens is 492 g/mol. The highest BCUT2D eigenvalue weighted by molar-refractivity contribution is 5.70. The lowest BCUT2D eigenvalue weighted by molar-refractivity contribution is -0.171. The number of hydrogen-bond acceptors (Lipinski definition) is 6. The van der Waals surface area contributed by atoms with Gasteiger partial charge in [-0.05, 0) is 73.0 Å². The Balaban J connectivity index is 1.67. The Labute approximate surface area is 233 Å². The van der Waals surface area contributed by atoms with Gasteiger partial charge in [0.05, 0.1) is 0 Å².